The molecular weight excluding hydrogens is 350 g/mol. The molecule has 2 aromatic rings. The van der Waals surface area contributed by atoms with Crippen LogP contribution in [0.2, 0.25) is 0 Å². The van der Waals surface area contributed by atoms with Crippen LogP contribution in [-0.2, 0) is 11.3 Å². The normalized spacial score (nSPS) is 27.9. The largest absolute Gasteiger partial charge is 0.357 e. The van der Waals surface area contributed by atoms with Crippen molar-refractivity contribution in [2.75, 3.05) is 19.6 Å². The van der Waals surface area contributed by atoms with Crippen molar-refractivity contribution in [2.24, 2.45) is 11.8 Å². The van der Waals surface area contributed by atoms with Crippen molar-refractivity contribution in [3.63, 3.8) is 0 Å². The third kappa shape index (κ3) is 3.06. The fraction of sp³-hybridized carbons (Fsp3) is 0.565. The summed E-state index contributed by atoms with van der Waals surface area (Å²) in [5.74, 6) is 1.51. The Bertz CT molecular complexity index is 995. The van der Waals surface area contributed by atoms with E-state index >= 15 is 0 Å². The Morgan fingerprint density at radius 3 is 2.82 bits per heavy atom. The third-order valence-electron chi connectivity index (χ3n) is 6.99. The van der Waals surface area contributed by atoms with Crippen molar-refractivity contribution in [3.05, 3.63) is 45.2 Å². The van der Waals surface area contributed by atoms with Gasteiger partial charge in [-0.15, -0.1) is 0 Å². The van der Waals surface area contributed by atoms with E-state index in [1.54, 1.807) is 6.07 Å². The Morgan fingerprint density at radius 1 is 1.11 bits per heavy atom. The minimum atomic E-state index is 0.108. The molecule has 3 aliphatic rings. The molecule has 0 spiro atoms. The van der Waals surface area contributed by atoms with Crippen LogP contribution in [0.4, 0.5) is 0 Å². The molecule has 28 heavy (non-hydrogen) atoms. The number of fused-ring (bicyclic) bond motifs is 5. The lowest BCUT2D eigenvalue weighted by Crippen LogP contribution is -2.60. The number of nitrogens with one attached hydrogen (secondary N) is 1. The highest BCUT2D eigenvalue weighted by molar-refractivity contribution is 5.82. The summed E-state index contributed by atoms with van der Waals surface area (Å²) in [4.78, 5) is 33.2. The van der Waals surface area contributed by atoms with Crippen LogP contribution in [-0.4, -0.2) is 46.4 Å². The number of H-pyrrole nitrogens is 1. The van der Waals surface area contributed by atoms with Crippen LogP contribution in [0, 0.1) is 25.7 Å². The number of hydrogen-bond acceptors (Lipinski definition) is 3. The van der Waals surface area contributed by atoms with Crippen LogP contribution >= 0.6 is 0 Å². The second kappa shape index (κ2) is 6.73. The Balaban J connectivity index is 1.39. The van der Waals surface area contributed by atoms with Crippen LogP contribution in [0.25, 0.3) is 10.9 Å². The zero-order chi connectivity index (χ0) is 19.4. The minimum Gasteiger partial charge on any atom is -0.357 e. The van der Waals surface area contributed by atoms with Gasteiger partial charge in [0.2, 0.25) is 5.91 Å². The number of aromatic amines is 1. The fourth-order valence-corrected chi connectivity index (χ4v) is 5.93. The van der Waals surface area contributed by atoms with Crippen molar-refractivity contribution < 1.29 is 4.79 Å². The van der Waals surface area contributed by atoms with Gasteiger partial charge in [0, 0.05) is 55.8 Å². The van der Waals surface area contributed by atoms with E-state index in [-0.39, 0.29) is 5.43 Å². The first-order valence-corrected chi connectivity index (χ1v) is 10.6. The lowest BCUT2D eigenvalue weighted by atomic mass is 9.76. The van der Waals surface area contributed by atoms with Gasteiger partial charge in [0.05, 0.1) is 5.52 Å². The molecule has 2 bridgehead atoms. The Kier molecular flexibility index (Phi) is 4.31. The first-order chi connectivity index (χ1) is 13.5. The molecule has 5 rings (SSSR count). The van der Waals surface area contributed by atoms with Crippen LogP contribution in [0.1, 0.15) is 42.5 Å². The summed E-state index contributed by atoms with van der Waals surface area (Å²) >= 11 is 0. The first kappa shape index (κ1) is 17.9. The summed E-state index contributed by atoms with van der Waals surface area (Å²) in [7, 11) is 0. The molecule has 3 aliphatic heterocycles. The van der Waals surface area contributed by atoms with Gasteiger partial charge >= 0.3 is 0 Å². The molecule has 1 aromatic heterocycles. The molecule has 1 N–H and O–H groups in total. The molecule has 5 heteroatoms. The van der Waals surface area contributed by atoms with Crippen LogP contribution in [0.15, 0.2) is 23.0 Å². The number of pyridine rings is 1. The number of aryl methyl sites for hydroxylation is 2. The van der Waals surface area contributed by atoms with Gasteiger partial charge in [-0.2, -0.15) is 0 Å². The quantitative estimate of drug-likeness (QED) is 0.873. The number of rotatable bonds is 2. The summed E-state index contributed by atoms with van der Waals surface area (Å²) in [6, 6.07) is 6.32. The van der Waals surface area contributed by atoms with Crippen molar-refractivity contribution in [2.45, 2.75) is 52.1 Å². The van der Waals surface area contributed by atoms with Crippen LogP contribution in [0.3, 0.4) is 0 Å². The highest BCUT2D eigenvalue weighted by Crippen LogP contribution is 2.38. The average molecular weight is 380 g/mol. The van der Waals surface area contributed by atoms with Gasteiger partial charge in [0.1, 0.15) is 0 Å². The molecule has 0 aliphatic carbocycles. The summed E-state index contributed by atoms with van der Waals surface area (Å²) in [6.07, 6.45) is 4.18. The predicted molar refractivity (Wildman–Crippen MR) is 110 cm³/mol. The number of aromatic nitrogens is 1. The van der Waals surface area contributed by atoms with Gasteiger partial charge in [0.15, 0.2) is 5.43 Å². The van der Waals surface area contributed by atoms with E-state index in [0.29, 0.717) is 23.8 Å². The molecule has 1 aromatic carbocycles. The second-order valence-electron chi connectivity index (χ2n) is 9.22. The highest BCUT2D eigenvalue weighted by atomic mass is 16.2. The molecule has 3 atom stereocenters. The van der Waals surface area contributed by atoms with Crippen molar-refractivity contribution in [3.8, 4) is 0 Å². The fourth-order valence-electron chi connectivity index (χ4n) is 5.93. The number of benzene rings is 1. The molecule has 0 radical (unpaired) electrons. The molecular formula is C23H29N3O2. The summed E-state index contributed by atoms with van der Waals surface area (Å²) < 4.78 is 0. The Morgan fingerprint density at radius 2 is 1.96 bits per heavy atom. The van der Waals surface area contributed by atoms with Gasteiger partial charge in [-0.25, -0.2) is 0 Å². The SMILES string of the molecule is Cc1cc(C)c2[nH]c(CN3CC4CC(C3)C3CCCC(=O)N3C4)cc(=O)c2c1. The lowest BCUT2D eigenvalue weighted by Gasteiger charge is -2.52. The first-order valence-electron chi connectivity index (χ1n) is 10.6. The maximum absolute atomic E-state index is 12.7. The van der Waals surface area contributed by atoms with Gasteiger partial charge < -0.3 is 9.88 Å². The smallest absolute Gasteiger partial charge is 0.222 e. The van der Waals surface area contributed by atoms with E-state index in [1.165, 1.54) is 6.42 Å². The summed E-state index contributed by atoms with van der Waals surface area (Å²) in [5.41, 5.74) is 4.33. The summed E-state index contributed by atoms with van der Waals surface area (Å²) in [5, 5.41) is 0.785. The van der Waals surface area contributed by atoms with E-state index in [4.69, 9.17) is 0 Å². The Labute approximate surface area is 165 Å². The number of likely N-dealkylation sites (tertiary alicyclic amines) is 1. The maximum Gasteiger partial charge on any atom is 0.222 e. The number of carbonyl (C=O) groups excluding carboxylic acids is 1. The van der Waals surface area contributed by atoms with Crippen LogP contribution < -0.4 is 5.43 Å². The Hall–Kier alpha value is -2.14. The van der Waals surface area contributed by atoms with Crippen molar-refractivity contribution in [1.29, 1.82) is 0 Å². The molecule has 148 valence electrons. The number of nitrogens with zero attached hydrogens (tertiary/aromatic N) is 2. The van der Waals surface area contributed by atoms with Gasteiger partial charge in [0.25, 0.3) is 0 Å². The van der Waals surface area contributed by atoms with Gasteiger partial charge in [-0.1, -0.05) is 6.07 Å². The maximum atomic E-state index is 12.7. The van der Waals surface area contributed by atoms with E-state index < -0.39 is 0 Å². The highest BCUT2D eigenvalue weighted by Gasteiger charge is 2.43. The molecule has 0 saturated carbocycles. The van der Waals surface area contributed by atoms with Crippen LogP contribution in [0.5, 0.6) is 0 Å². The monoisotopic (exact) mass is 379 g/mol. The molecule has 1 amide bonds. The lowest BCUT2D eigenvalue weighted by molar-refractivity contribution is -0.145. The van der Waals surface area contributed by atoms with E-state index in [9.17, 15) is 9.59 Å². The minimum absolute atomic E-state index is 0.108. The predicted octanol–water partition coefficient (Wildman–Crippen LogP) is 2.98. The zero-order valence-electron chi connectivity index (χ0n) is 16.8. The standard InChI is InChI=1S/C23H29N3O2/c1-14-6-15(2)23-19(7-14)21(27)9-18(24-23)13-25-10-16-8-17(12-25)20-4-3-5-22(28)26(20)11-16/h6-7,9,16-17,20H,3-5,8,10-13H2,1-2H3,(H,24,27). The molecule has 3 saturated heterocycles. The number of piperidine rings is 3. The number of carbonyl (C=O) groups is 1. The summed E-state index contributed by atoms with van der Waals surface area (Å²) in [6.45, 7) is 7.84. The average Bonchev–Trinajstić information content (AvgIpc) is 2.64. The zero-order valence-corrected chi connectivity index (χ0v) is 16.8. The molecule has 4 heterocycles. The van der Waals surface area contributed by atoms with E-state index in [2.05, 4.69) is 27.8 Å². The van der Waals surface area contributed by atoms with Gasteiger partial charge in [-0.05, 0) is 62.1 Å². The van der Waals surface area contributed by atoms with E-state index in [0.717, 1.165) is 73.2 Å². The molecule has 5 nitrogen and oxygen atoms in total. The van der Waals surface area contributed by atoms with Crippen molar-refractivity contribution >= 4 is 16.8 Å². The molecule has 3 fully saturated rings. The van der Waals surface area contributed by atoms with E-state index in [1.807, 2.05) is 13.0 Å². The van der Waals surface area contributed by atoms with Crippen molar-refractivity contribution in [1.82, 2.24) is 14.8 Å². The molecule has 3 unspecified atom stereocenters. The second-order valence-corrected chi connectivity index (χ2v) is 9.22. The third-order valence-corrected chi connectivity index (χ3v) is 6.99. The van der Waals surface area contributed by atoms with Gasteiger partial charge in [-0.3, -0.25) is 14.5 Å². The number of hydrogen-bond donors (Lipinski definition) is 1. The topological polar surface area (TPSA) is 56.4 Å². The number of amides is 1.